The van der Waals surface area contributed by atoms with E-state index in [1.165, 1.54) is 26.1 Å². The van der Waals surface area contributed by atoms with Crippen molar-refractivity contribution in [1.82, 2.24) is 4.90 Å². The molecule has 1 spiro atoms. The Morgan fingerprint density at radius 1 is 1.14 bits per heavy atom. The number of allylic oxidation sites excluding steroid dienone is 2. The van der Waals surface area contributed by atoms with E-state index >= 15 is 8.78 Å². The van der Waals surface area contributed by atoms with Gasteiger partial charge in [-0.2, -0.15) is 8.78 Å². The molecule has 1 amide bonds. The number of likely N-dealkylation sites (tertiary alicyclic amines) is 1. The Hall–Kier alpha value is -2.97. The Kier molecular flexibility index (Phi) is 5.10. The zero-order valence-electron chi connectivity index (χ0n) is 15.5. The number of likely N-dealkylation sites (N-methyl/N-ethyl adjacent to an activating group) is 1. The summed E-state index contributed by atoms with van der Waals surface area (Å²) in [6.07, 6.45) is 4.61. The molecule has 154 valence electrons. The summed E-state index contributed by atoms with van der Waals surface area (Å²) in [5.41, 5.74) is -1.87. The van der Waals surface area contributed by atoms with Crippen molar-refractivity contribution in [2.45, 2.75) is 24.3 Å². The number of hydrogen-bond donors (Lipinski definition) is 0. The Morgan fingerprint density at radius 3 is 2.21 bits per heavy atom. The molecule has 2 atom stereocenters. The molecular weight excluding hydrogens is 394 g/mol. The molecule has 1 aromatic carbocycles. The summed E-state index contributed by atoms with van der Waals surface area (Å²) in [7, 11) is 1.22. The summed E-state index contributed by atoms with van der Waals surface area (Å²) in [6, 6.07) is 2.22. The first kappa shape index (κ1) is 20.8. The number of hydrogen-bond acceptors (Lipinski definition) is 4. The van der Waals surface area contributed by atoms with Crippen LogP contribution in [0.1, 0.15) is 18.4 Å². The van der Waals surface area contributed by atoms with Crippen LogP contribution >= 0.6 is 0 Å². The number of halogens is 4. The second-order valence-corrected chi connectivity index (χ2v) is 6.86. The first-order chi connectivity index (χ1) is 13.5. The fourth-order valence-electron chi connectivity index (χ4n) is 3.92. The van der Waals surface area contributed by atoms with Gasteiger partial charge in [-0.25, -0.2) is 13.6 Å². The van der Waals surface area contributed by atoms with Crippen LogP contribution in [0.4, 0.5) is 17.6 Å². The van der Waals surface area contributed by atoms with E-state index in [1.807, 2.05) is 0 Å². The molecule has 1 heterocycles. The number of carbonyl (C=O) groups excluding carboxylic acids is 3. The number of ketones is 1. The van der Waals surface area contributed by atoms with Crippen molar-refractivity contribution in [1.29, 1.82) is 0 Å². The normalized spacial score (nSPS) is 23.2. The van der Waals surface area contributed by atoms with Gasteiger partial charge in [-0.3, -0.25) is 9.59 Å². The fraction of sp³-hybridized carbons (Fsp3) is 0.350. The molecule has 5 nitrogen and oxygen atoms in total. The smallest absolute Gasteiger partial charge is 0.377 e. The predicted molar refractivity (Wildman–Crippen MR) is 93.0 cm³/mol. The van der Waals surface area contributed by atoms with Gasteiger partial charge >= 0.3 is 11.9 Å². The van der Waals surface area contributed by atoms with Gasteiger partial charge in [-0.1, -0.05) is 12.2 Å². The average Bonchev–Trinajstić information content (AvgIpc) is 2.86. The van der Waals surface area contributed by atoms with Gasteiger partial charge in [0, 0.05) is 19.0 Å². The van der Waals surface area contributed by atoms with Gasteiger partial charge in [0.05, 0.1) is 12.1 Å². The third-order valence-corrected chi connectivity index (χ3v) is 5.22. The van der Waals surface area contributed by atoms with Crippen LogP contribution in [0.3, 0.4) is 0 Å². The first-order valence-corrected chi connectivity index (χ1v) is 8.75. The molecule has 0 N–H and O–H groups in total. The number of carbonyl (C=O) groups is 3. The van der Waals surface area contributed by atoms with Crippen LogP contribution in [0.25, 0.3) is 0 Å². The standard InChI is InChI=1S/C20H17F4NO4/c1-3-29-18(28)20(23,24)16-15(11-8-12(21)10-13(22)9-11)19(25(2)17(16)27)6-4-14(26)5-7-19/h4-10,15-16H,3H2,1-2H3. The van der Waals surface area contributed by atoms with Crippen molar-refractivity contribution in [2.75, 3.05) is 13.7 Å². The molecule has 0 bridgehead atoms. The van der Waals surface area contributed by atoms with E-state index in [4.69, 9.17) is 0 Å². The highest BCUT2D eigenvalue weighted by Gasteiger charge is 2.67. The highest BCUT2D eigenvalue weighted by Crippen LogP contribution is 2.53. The lowest BCUT2D eigenvalue weighted by molar-refractivity contribution is -0.183. The maximum atomic E-state index is 15.1. The topological polar surface area (TPSA) is 63.7 Å². The van der Waals surface area contributed by atoms with Crippen LogP contribution < -0.4 is 0 Å². The number of amides is 1. The largest absolute Gasteiger partial charge is 0.462 e. The number of esters is 1. The molecule has 2 aliphatic rings. The van der Waals surface area contributed by atoms with Crippen molar-refractivity contribution in [2.24, 2.45) is 5.92 Å². The molecule has 0 aromatic heterocycles. The second-order valence-electron chi connectivity index (χ2n) is 6.86. The number of nitrogens with zero attached hydrogens (tertiary/aromatic N) is 1. The molecule has 1 saturated heterocycles. The Balaban J connectivity index is 2.25. The van der Waals surface area contributed by atoms with Crippen molar-refractivity contribution >= 4 is 17.7 Å². The summed E-state index contributed by atoms with van der Waals surface area (Å²) < 4.78 is 62.3. The van der Waals surface area contributed by atoms with Crippen molar-refractivity contribution in [3.63, 3.8) is 0 Å². The lowest BCUT2D eigenvalue weighted by atomic mass is 9.71. The lowest BCUT2D eigenvalue weighted by Gasteiger charge is -2.37. The highest BCUT2D eigenvalue weighted by molar-refractivity contribution is 6.02. The minimum atomic E-state index is -4.28. The van der Waals surface area contributed by atoms with Crippen LogP contribution in [-0.2, 0) is 19.1 Å². The summed E-state index contributed by atoms with van der Waals surface area (Å²) in [4.78, 5) is 37.4. The number of ether oxygens (including phenoxy) is 1. The molecule has 1 fully saturated rings. The van der Waals surface area contributed by atoms with Crippen molar-refractivity contribution in [3.8, 4) is 0 Å². The van der Waals surface area contributed by atoms with Gasteiger partial charge in [-0.15, -0.1) is 0 Å². The Bertz CT molecular complexity index is 904. The van der Waals surface area contributed by atoms with Crippen molar-refractivity contribution in [3.05, 3.63) is 59.7 Å². The molecule has 0 radical (unpaired) electrons. The highest BCUT2D eigenvalue weighted by atomic mass is 19.3. The first-order valence-electron chi connectivity index (χ1n) is 8.75. The second kappa shape index (κ2) is 7.13. The molecule has 0 saturated carbocycles. The van der Waals surface area contributed by atoms with Crippen LogP contribution in [-0.4, -0.2) is 47.7 Å². The SMILES string of the molecule is CCOC(=O)C(F)(F)C1C(=O)N(C)C2(C=CC(=O)C=C2)C1c1cc(F)cc(F)c1. The predicted octanol–water partition coefficient (Wildman–Crippen LogP) is 2.77. The van der Waals surface area contributed by atoms with Crippen LogP contribution in [0.15, 0.2) is 42.5 Å². The van der Waals surface area contributed by atoms with E-state index in [0.29, 0.717) is 6.07 Å². The molecule has 9 heteroatoms. The third kappa shape index (κ3) is 3.24. The minimum Gasteiger partial charge on any atom is -0.462 e. The summed E-state index contributed by atoms with van der Waals surface area (Å²) in [5, 5.41) is 0. The fourth-order valence-corrected chi connectivity index (χ4v) is 3.92. The monoisotopic (exact) mass is 411 g/mol. The molecule has 29 heavy (non-hydrogen) atoms. The van der Waals surface area contributed by atoms with Gasteiger partial charge in [0.25, 0.3) is 0 Å². The summed E-state index contributed by atoms with van der Waals surface area (Å²) >= 11 is 0. The van der Waals surface area contributed by atoms with E-state index in [2.05, 4.69) is 4.74 Å². The zero-order valence-corrected chi connectivity index (χ0v) is 15.5. The van der Waals surface area contributed by atoms with E-state index in [1.54, 1.807) is 0 Å². The number of alkyl halides is 2. The summed E-state index contributed by atoms with van der Waals surface area (Å²) in [6.45, 7) is 0.986. The van der Waals surface area contributed by atoms with Gasteiger partial charge in [0.2, 0.25) is 5.91 Å². The van der Waals surface area contributed by atoms with Gasteiger partial charge in [0.15, 0.2) is 5.78 Å². The molecular formula is C20H17F4NO4. The Morgan fingerprint density at radius 2 is 1.69 bits per heavy atom. The number of benzene rings is 1. The van der Waals surface area contributed by atoms with E-state index < -0.39 is 52.6 Å². The van der Waals surface area contributed by atoms with Gasteiger partial charge in [0.1, 0.15) is 17.6 Å². The maximum Gasteiger partial charge on any atom is 0.377 e. The quantitative estimate of drug-likeness (QED) is 0.565. The van der Waals surface area contributed by atoms with Crippen LogP contribution in [0.2, 0.25) is 0 Å². The summed E-state index contributed by atoms with van der Waals surface area (Å²) in [5.74, 6) is -13.7. The average molecular weight is 411 g/mol. The van der Waals surface area contributed by atoms with E-state index in [-0.39, 0.29) is 12.2 Å². The van der Waals surface area contributed by atoms with Crippen molar-refractivity contribution < 1.29 is 36.7 Å². The Labute approximate surface area is 163 Å². The zero-order chi connectivity index (χ0) is 21.6. The van der Waals surface area contributed by atoms with E-state index in [9.17, 15) is 23.2 Å². The molecule has 1 aromatic rings. The molecule has 2 unspecified atom stereocenters. The van der Waals surface area contributed by atoms with Crippen LogP contribution in [0.5, 0.6) is 0 Å². The lowest BCUT2D eigenvalue weighted by Crippen LogP contribution is -2.45. The molecule has 3 rings (SSSR count). The molecule has 1 aliphatic heterocycles. The van der Waals surface area contributed by atoms with Gasteiger partial charge in [-0.05, 0) is 36.8 Å². The third-order valence-electron chi connectivity index (χ3n) is 5.22. The van der Waals surface area contributed by atoms with E-state index in [0.717, 1.165) is 29.2 Å². The number of rotatable bonds is 4. The molecule has 1 aliphatic carbocycles. The van der Waals surface area contributed by atoms with Gasteiger partial charge < -0.3 is 9.64 Å². The minimum absolute atomic E-state index is 0.252. The van der Waals surface area contributed by atoms with Crippen LogP contribution in [0, 0.1) is 17.6 Å². The maximum absolute atomic E-state index is 15.1.